The predicted molar refractivity (Wildman–Crippen MR) is 94.2 cm³/mol. The van der Waals surface area contributed by atoms with Gasteiger partial charge in [-0.2, -0.15) is 0 Å². The number of amides is 1. The Kier molecular flexibility index (Phi) is 4.01. The Morgan fingerprint density at radius 2 is 2.04 bits per heavy atom. The molecule has 1 aliphatic carbocycles. The van der Waals surface area contributed by atoms with Gasteiger partial charge in [-0.3, -0.25) is 4.79 Å². The number of hydrogen-bond acceptors (Lipinski definition) is 5. The lowest BCUT2D eigenvalue weighted by Crippen LogP contribution is -2.14. The quantitative estimate of drug-likeness (QED) is 0.763. The Labute approximate surface area is 148 Å². The molecule has 0 radical (unpaired) electrons. The van der Waals surface area contributed by atoms with Crippen LogP contribution in [-0.2, 0) is 0 Å². The van der Waals surface area contributed by atoms with E-state index >= 15 is 0 Å². The fourth-order valence-corrected chi connectivity index (χ4v) is 3.39. The van der Waals surface area contributed by atoms with Crippen LogP contribution in [0.25, 0.3) is 10.6 Å². The van der Waals surface area contributed by atoms with Crippen molar-refractivity contribution in [3.63, 3.8) is 0 Å². The maximum absolute atomic E-state index is 13.9. The fourth-order valence-electron chi connectivity index (χ4n) is 2.56. The number of carbonyl (C=O) groups is 1. The molecule has 2 aromatic heterocycles. The molecule has 4 rings (SSSR count). The average Bonchev–Trinajstić information content (AvgIpc) is 3.32. The number of aromatic nitrogens is 3. The Balaban J connectivity index is 1.55. The summed E-state index contributed by atoms with van der Waals surface area (Å²) in [6.07, 6.45) is 2.25. The van der Waals surface area contributed by atoms with Gasteiger partial charge in [-0.1, -0.05) is 12.1 Å². The third kappa shape index (κ3) is 3.41. The van der Waals surface area contributed by atoms with Crippen LogP contribution in [0.3, 0.4) is 0 Å². The number of halogens is 1. The molecule has 7 heteroatoms. The van der Waals surface area contributed by atoms with Crippen LogP contribution in [0.2, 0.25) is 0 Å². The van der Waals surface area contributed by atoms with Crippen molar-refractivity contribution in [2.75, 3.05) is 5.32 Å². The van der Waals surface area contributed by atoms with E-state index in [1.807, 2.05) is 6.07 Å². The van der Waals surface area contributed by atoms with Crippen molar-refractivity contribution in [1.82, 2.24) is 15.0 Å². The second kappa shape index (κ2) is 6.33. The van der Waals surface area contributed by atoms with Gasteiger partial charge in [-0.05, 0) is 31.9 Å². The summed E-state index contributed by atoms with van der Waals surface area (Å²) in [5.41, 5.74) is 1.60. The highest BCUT2D eigenvalue weighted by atomic mass is 32.1. The monoisotopic (exact) mass is 354 g/mol. The van der Waals surface area contributed by atoms with Gasteiger partial charge in [0.15, 0.2) is 0 Å². The van der Waals surface area contributed by atoms with Gasteiger partial charge in [0.25, 0.3) is 5.91 Å². The normalized spacial score (nSPS) is 13.7. The summed E-state index contributed by atoms with van der Waals surface area (Å²) in [7, 11) is 0. The molecule has 25 heavy (non-hydrogen) atoms. The van der Waals surface area contributed by atoms with Crippen LogP contribution in [-0.4, -0.2) is 20.9 Å². The summed E-state index contributed by atoms with van der Waals surface area (Å²) >= 11 is 1.23. The summed E-state index contributed by atoms with van der Waals surface area (Å²) in [5.74, 6) is 0.858. The second-order valence-corrected chi connectivity index (χ2v) is 6.83. The maximum atomic E-state index is 13.9. The third-order valence-corrected chi connectivity index (χ3v) is 4.81. The van der Waals surface area contributed by atoms with Gasteiger partial charge in [0.2, 0.25) is 0 Å². The smallest absolute Gasteiger partial charge is 0.276 e. The third-order valence-electron chi connectivity index (χ3n) is 3.94. The van der Waals surface area contributed by atoms with Gasteiger partial charge in [-0.15, -0.1) is 11.3 Å². The molecule has 0 saturated heterocycles. The first kappa shape index (κ1) is 15.8. The number of anilines is 1. The lowest BCUT2D eigenvalue weighted by molar-refractivity contribution is 0.102. The van der Waals surface area contributed by atoms with Crippen molar-refractivity contribution in [2.24, 2.45) is 0 Å². The number of carbonyl (C=O) groups excluding carboxylic acids is 1. The van der Waals surface area contributed by atoms with Gasteiger partial charge in [0, 0.05) is 28.6 Å². The number of benzene rings is 1. The van der Waals surface area contributed by atoms with Crippen LogP contribution in [0.15, 0.2) is 35.7 Å². The highest BCUT2D eigenvalue weighted by molar-refractivity contribution is 7.13. The van der Waals surface area contributed by atoms with Crippen LogP contribution in [0.4, 0.5) is 10.2 Å². The van der Waals surface area contributed by atoms with Gasteiger partial charge >= 0.3 is 0 Å². The first-order valence-electron chi connectivity index (χ1n) is 7.97. The summed E-state index contributed by atoms with van der Waals surface area (Å²) in [4.78, 5) is 25.4. The molecule has 1 saturated carbocycles. The van der Waals surface area contributed by atoms with E-state index in [-0.39, 0.29) is 17.4 Å². The van der Waals surface area contributed by atoms with Crippen molar-refractivity contribution >= 4 is 23.1 Å². The zero-order valence-corrected chi connectivity index (χ0v) is 14.3. The van der Waals surface area contributed by atoms with E-state index in [0.717, 1.165) is 18.5 Å². The predicted octanol–water partition coefficient (Wildman–Crippen LogP) is 4.18. The molecule has 0 spiro atoms. The number of aryl methyl sites for hydroxylation is 1. The highest BCUT2D eigenvalue weighted by Crippen LogP contribution is 2.39. The second-order valence-electron chi connectivity index (χ2n) is 5.97. The molecular formula is C18H15FN4OS. The van der Waals surface area contributed by atoms with Crippen molar-refractivity contribution in [2.45, 2.75) is 25.7 Å². The van der Waals surface area contributed by atoms with E-state index in [4.69, 9.17) is 0 Å². The molecule has 1 aromatic carbocycles. The van der Waals surface area contributed by atoms with E-state index in [1.165, 1.54) is 17.4 Å². The molecule has 0 unspecified atom stereocenters. The maximum Gasteiger partial charge on any atom is 0.276 e. The fraction of sp³-hybridized carbons (Fsp3) is 0.222. The molecule has 2 heterocycles. The molecule has 5 nitrogen and oxygen atoms in total. The number of rotatable bonds is 4. The van der Waals surface area contributed by atoms with E-state index < -0.39 is 0 Å². The summed E-state index contributed by atoms with van der Waals surface area (Å²) in [5, 5.41) is 4.85. The van der Waals surface area contributed by atoms with Gasteiger partial charge in [0.1, 0.15) is 28.2 Å². The van der Waals surface area contributed by atoms with Gasteiger partial charge in [-0.25, -0.2) is 19.3 Å². The zero-order chi connectivity index (χ0) is 17.4. The molecule has 1 fully saturated rings. The molecule has 0 aliphatic heterocycles. The van der Waals surface area contributed by atoms with Crippen LogP contribution in [0, 0.1) is 12.7 Å². The number of nitrogens with one attached hydrogen (secondary N) is 1. The Morgan fingerprint density at radius 3 is 2.80 bits per heavy atom. The van der Waals surface area contributed by atoms with Crippen LogP contribution in [0.1, 0.15) is 40.8 Å². The minimum absolute atomic E-state index is 0.243. The standard InChI is InChI=1S/C18H15FN4OS/c1-10-20-14(11-6-7-11)8-16(21-10)23-17(24)15-9-25-18(22-15)12-4-2-3-5-13(12)19/h2-5,8-9,11H,6-7H2,1H3,(H,20,21,23,24). The molecule has 0 atom stereocenters. The molecule has 126 valence electrons. The minimum Gasteiger partial charge on any atom is -0.305 e. The van der Waals surface area contributed by atoms with Crippen molar-refractivity contribution in [1.29, 1.82) is 0 Å². The molecule has 1 amide bonds. The summed E-state index contributed by atoms with van der Waals surface area (Å²) < 4.78 is 13.9. The largest absolute Gasteiger partial charge is 0.305 e. The lowest BCUT2D eigenvalue weighted by Gasteiger charge is -2.06. The van der Waals surface area contributed by atoms with E-state index in [2.05, 4.69) is 20.3 Å². The number of nitrogens with zero attached hydrogens (tertiary/aromatic N) is 3. The minimum atomic E-state index is -0.362. The molecule has 1 N–H and O–H groups in total. The lowest BCUT2D eigenvalue weighted by atomic mass is 10.2. The molecule has 1 aliphatic rings. The van der Waals surface area contributed by atoms with E-state index in [0.29, 0.717) is 28.1 Å². The molecule has 0 bridgehead atoms. The number of hydrogen-bond donors (Lipinski definition) is 1. The molecule has 3 aromatic rings. The van der Waals surface area contributed by atoms with Gasteiger partial charge < -0.3 is 5.32 Å². The first-order chi connectivity index (χ1) is 12.1. The van der Waals surface area contributed by atoms with E-state index in [1.54, 1.807) is 30.5 Å². The van der Waals surface area contributed by atoms with Crippen LogP contribution >= 0.6 is 11.3 Å². The molecular weight excluding hydrogens is 339 g/mol. The topological polar surface area (TPSA) is 67.8 Å². The van der Waals surface area contributed by atoms with Crippen LogP contribution < -0.4 is 5.32 Å². The van der Waals surface area contributed by atoms with Crippen molar-refractivity contribution in [3.8, 4) is 10.6 Å². The SMILES string of the molecule is Cc1nc(NC(=O)c2csc(-c3ccccc3F)n2)cc(C2CC2)n1. The number of thiazole rings is 1. The van der Waals surface area contributed by atoms with E-state index in [9.17, 15) is 9.18 Å². The Hall–Kier alpha value is -2.67. The Bertz CT molecular complexity index is 952. The first-order valence-corrected chi connectivity index (χ1v) is 8.85. The highest BCUT2D eigenvalue weighted by Gasteiger charge is 2.26. The Morgan fingerprint density at radius 1 is 1.24 bits per heavy atom. The average molecular weight is 354 g/mol. The van der Waals surface area contributed by atoms with Crippen molar-refractivity contribution < 1.29 is 9.18 Å². The summed E-state index contributed by atoms with van der Waals surface area (Å²) in [6, 6.07) is 8.19. The summed E-state index contributed by atoms with van der Waals surface area (Å²) in [6.45, 7) is 1.81. The van der Waals surface area contributed by atoms with Crippen molar-refractivity contribution in [3.05, 3.63) is 58.7 Å². The van der Waals surface area contributed by atoms with Crippen LogP contribution in [0.5, 0.6) is 0 Å². The zero-order valence-electron chi connectivity index (χ0n) is 13.5. The van der Waals surface area contributed by atoms with Gasteiger partial charge in [0.05, 0.1) is 0 Å².